The molecule has 0 amide bonds. The average molecular weight is 775 g/mol. The fraction of sp³-hybridized carbons (Fsp3) is 0.885. The smallest absolute Gasteiger partial charge is 0.0323 e. The zero-order valence-corrected chi connectivity index (χ0v) is 38.0. The van der Waals surface area contributed by atoms with E-state index in [1.54, 1.807) is 0 Å². The van der Waals surface area contributed by atoms with Crippen LogP contribution >= 0.6 is 12.4 Å². The fourth-order valence-electron chi connectivity index (χ4n) is 8.77. The quantitative estimate of drug-likeness (QED) is 0.0657. The van der Waals surface area contributed by atoms with Gasteiger partial charge in [-0.1, -0.05) is 301 Å². The third-order valence-electron chi connectivity index (χ3n) is 12.5. The number of halogens is 1. The monoisotopic (exact) mass is 774 g/mol. The molecule has 0 saturated heterocycles. The topological polar surface area (TPSA) is 26.0 Å². The van der Waals surface area contributed by atoms with Gasteiger partial charge in [-0.25, -0.2) is 0 Å². The molecule has 2 N–H and O–H groups in total. The first-order chi connectivity index (χ1) is 26.3. The summed E-state index contributed by atoms with van der Waals surface area (Å²) in [6.45, 7) is 4.62. The molecule has 0 aromatic heterocycles. The van der Waals surface area contributed by atoms with Crippen LogP contribution in [0.2, 0.25) is 0 Å². The summed E-state index contributed by atoms with van der Waals surface area (Å²) in [6.07, 6.45) is 60.6. The number of hydrogen-bond donors (Lipinski definition) is 1. The molecular formula is C52H100ClN. The second kappa shape index (κ2) is 45.2. The van der Waals surface area contributed by atoms with Gasteiger partial charge in [-0.3, -0.25) is 0 Å². The second-order valence-electron chi connectivity index (χ2n) is 17.7. The van der Waals surface area contributed by atoms with Crippen molar-refractivity contribution in [2.45, 2.75) is 290 Å². The minimum atomic E-state index is 0. The van der Waals surface area contributed by atoms with Crippen molar-refractivity contribution < 1.29 is 0 Å². The maximum Gasteiger partial charge on any atom is 0.0323 e. The Balaban J connectivity index is 0.0000281. The predicted molar refractivity (Wildman–Crippen MR) is 249 cm³/mol. The molecule has 1 atom stereocenters. The summed E-state index contributed by atoms with van der Waals surface area (Å²) in [5, 5.41) is 0. The van der Waals surface area contributed by atoms with E-state index in [9.17, 15) is 0 Å². The molecule has 1 aromatic rings. The molecule has 54 heavy (non-hydrogen) atoms. The first kappa shape index (κ1) is 53.5. The lowest BCUT2D eigenvalue weighted by atomic mass is 9.85. The standard InChI is InChI=1S/C52H99N.ClH/c1-3-5-7-9-11-13-15-17-19-21-23-25-27-29-31-33-35-37-39-42-46-50(52(53)51-48-44-41-45-49-51)47-43-40-38-36-34-32-30-28-26-24-22-20-18-16-14-12-10-8-6-4-2;/h41,44-45,48-50,52H,3-40,42-43,46-47,53H2,1-2H3;1H. The molecule has 0 radical (unpaired) electrons. The Morgan fingerprint density at radius 1 is 0.315 bits per heavy atom. The Morgan fingerprint density at radius 3 is 0.741 bits per heavy atom. The van der Waals surface area contributed by atoms with E-state index in [-0.39, 0.29) is 18.4 Å². The van der Waals surface area contributed by atoms with Crippen LogP contribution in [0, 0.1) is 5.92 Å². The van der Waals surface area contributed by atoms with Crippen LogP contribution in [0.15, 0.2) is 30.3 Å². The van der Waals surface area contributed by atoms with E-state index in [0.717, 1.165) is 0 Å². The Kier molecular flexibility index (Phi) is 44.7. The van der Waals surface area contributed by atoms with Gasteiger partial charge in [0.2, 0.25) is 0 Å². The molecule has 0 heterocycles. The third-order valence-corrected chi connectivity index (χ3v) is 12.5. The summed E-state index contributed by atoms with van der Waals surface area (Å²) in [7, 11) is 0. The maximum atomic E-state index is 6.91. The maximum absolute atomic E-state index is 6.91. The van der Waals surface area contributed by atoms with Crippen molar-refractivity contribution in [1.29, 1.82) is 0 Å². The highest BCUT2D eigenvalue weighted by molar-refractivity contribution is 5.85. The molecule has 320 valence electrons. The van der Waals surface area contributed by atoms with E-state index in [4.69, 9.17) is 5.73 Å². The SMILES string of the molecule is CCCCCCCCCCCCCCCCCCCCCCC(CCCCCCCCCCCCCCCCCCCCCC)C(N)c1ccccc1.Cl. The molecule has 0 aliphatic heterocycles. The van der Waals surface area contributed by atoms with Crippen LogP contribution in [0.5, 0.6) is 0 Å². The van der Waals surface area contributed by atoms with Gasteiger partial charge in [0.05, 0.1) is 0 Å². The normalized spacial score (nSPS) is 12.1. The van der Waals surface area contributed by atoms with Crippen molar-refractivity contribution in [3.8, 4) is 0 Å². The van der Waals surface area contributed by atoms with E-state index in [0.29, 0.717) is 5.92 Å². The molecule has 0 spiro atoms. The van der Waals surface area contributed by atoms with Gasteiger partial charge >= 0.3 is 0 Å². The highest BCUT2D eigenvalue weighted by Crippen LogP contribution is 2.30. The van der Waals surface area contributed by atoms with Gasteiger partial charge in [0.15, 0.2) is 0 Å². The van der Waals surface area contributed by atoms with Gasteiger partial charge < -0.3 is 5.73 Å². The van der Waals surface area contributed by atoms with Crippen LogP contribution < -0.4 is 5.73 Å². The van der Waals surface area contributed by atoms with Gasteiger partial charge in [-0.15, -0.1) is 12.4 Å². The van der Waals surface area contributed by atoms with Crippen molar-refractivity contribution in [3.63, 3.8) is 0 Å². The van der Waals surface area contributed by atoms with Crippen molar-refractivity contribution in [1.82, 2.24) is 0 Å². The van der Waals surface area contributed by atoms with E-state index in [1.165, 1.54) is 275 Å². The van der Waals surface area contributed by atoms with Crippen LogP contribution in [0.25, 0.3) is 0 Å². The molecule has 0 aliphatic rings. The lowest BCUT2D eigenvalue weighted by molar-refractivity contribution is 0.345. The molecule has 1 unspecified atom stereocenters. The van der Waals surface area contributed by atoms with Gasteiger partial charge in [0, 0.05) is 6.04 Å². The molecule has 0 bridgehead atoms. The van der Waals surface area contributed by atoms with Crippen molar-refractivity contribution in [2.24, 2.45) is 11.7 Å². The zero-order valence-electron chi connectivity index (χ0n) is 37.2. The van der Waals surface area contributed by atoms with Crippen molar-refractivity contribution in [3.05, 3.63) is 35.9 Å². The van der Waals surface area contributed by atoms with Gasteiger partial charge in [-0.05, 0) is 24.3 Å². The van der Waals surface area contributed by atoms with Crippen molar-refractivity contribution in [2.75, 3.05) is 0 Å². The van der Waals surface area contributed by atoms with E-state index in [1.807, 2.05) is 0 Å². The lowest BCUT2D eigenvalue weighted by Gasteiger charge is -2.24. The van der Waals surface area contributed by atoms with Crippen LogP contribution in [0.1, 0.15) is 295 Å². The third kappa shape index (κ3) is 37.1. The molecular weight excluding hydrogens is 674 g/mol. The summed E-state index contributed by atoms with van der Waals surface area (Å²) in [5.41, 5.74) is 8.26. The molecule has 2 heteroatoms. The van der Waals surface area contributed by atoms with Crippen LogP contribution in [0.3, 0.4) is 0 Å². The minimum Gasteiger partial charge on any atom is -0.324 e. The number of rotatable bonds is 44. The van der Waals surface area contributed by atoms with Gasteiger partial charge in [0.25, 0.3) is 0 Å². The molecule has 1 nitrogen and oxygen atoms in total. The first-order valence-corrected chi connectivity index (χ1v) is 25.1. The van der Waals surface area contributed by atoms with E-state index in [2.05, 4.69) is 44.2 Å². The van der Waals surface area contributed by atoms with E-state index < -0.39 is 0 Å². The van der Waals surface area contributed by atoms with Gasteiger partial charge in [0.1, 0.15) is 0 Å². The Hall–Kier alpha value is -0.530. The Morgan fingerprint density at radius 2 is 0.519 bits per heavy atom. The number of unbranched alkanes of at least 4 members (excludes halogenated alkanes) is 38. The largest absolute Gasteiger partial charge is 0.324 e. The molecule has 0 saturated carbocycles. The Bertz CT molecular complexity index is 751. The molecule has 0 aliphatic carbocycles. The highest BCUT2D eigenvalue weighted by Gasteiger charge is 2.19. The summed E-state index contributed by atoms with van der Waals surface area (Å²) < 4.78 is 0. The molecule has 1 aromatic carbocycles. The fourth-order valence-corrected chi connectivity index (χ4v) is 8.77. The van der Waals surface area contributed by atoms with Crippen LogP contribution in [-0.4, -0.2) is 0 Å². The molecule has 0 fully saturated rings. The van der Waals surface area contributed by atoms with Crippen LogP contribution in [-0.2, 0) is 0 Å². The van der Waals surface area contributed by atoms with E-state index >= 15 is 0 Å². The number of benzene rings is 1. The number of nitrogens with two attached hydrogens (primary N) is 1. The summed E-state index contributed by atoms with van der Waals surface area (Å²) in [5.74, 6) is 0.642. The molecule has 1 rings (SSSR count). The first-order valence-electron chi connectivity index (χ1n) is 25.1. The average Bonchev–Trinajstić information content (AvgIpc) is 3.18. The zero-order chi connectivity index (χ0) is 38.0. The Labute approximate surface area is 348 Å². The van der Waals surface area contributed by atoms with Crippen LogP contribution in [0.4, 0.5) is 0 Å². The second-order valence-corrected chi connectivity index (χ2v) is 17.7. The van der Waals surface area contributed by atoms with Crippen molar-refractivity contribution >= 4 is 12.4 Å². The minimum absolute atomic E-state index is 0. The lowest BCUT2D eigenvalue weighted by Crippen LogP contribution is -2.21. The van der Waals surface area contributed by atoms with Gasteiger partial charge in [-0.2, -0.15) is 0 Å². The highest BCUT2D eigenvalue weighted by atomic mass is 35.5. The number of hydrogen-bond acceptors (Lipinski definition) is 1. The summed E-state index contributed by atoms with van der Waals surface area (Å²) >= 11 is 0. The predicted octanol–water partition coefficient (Wildman–Crippen LogP) is 19.1. The summed E-state index contributed by atoms with van der Waals surface area (Å²) in [4.78, 5) is 0. The summed E-state index contributed by atoms with van der Waals surface area (Å²) in [6, 6.07) is 11.2.